The number of halogens is 3. The Morgan fingerprint density at radius 1 is 1.15 bits per heavy atom. The lowest BCUT2D eigenvalue weighted by Gasteiger charge is -2.59. The van der Waals surface area contributed by atoms with Crippen molar-refractivity contribution in [3.05, 3.63) is 29.8 Å². The van der Waals surface area contributed by atoms with Crippen molar-refractivity contribution >= 4 is 11.8 Å². The number of alkyl halides is 3. The molecule has 0 spiro atoms. The number of ether oxygens (including phenoxy) is 2. The molecule has 6 rings (SSSR count). The average Bonchev–Trinajstić information content (AvgIpc) is 2.76. The van der Waals surface area contributed by atoms with Gasteiger partial charge in [-0.15, -0.1) is 13.2 Å². The summed E-state index contributed by atoms with van der Waals surface area (Å²) < 4.78 is 46.7. The number of amides is 2. The number of rotatable bonds is 6. The highest BCUT2D eigenvalue weighted by Gasteiger charge is 2.58. The summed E-state index contributed by atoms with van der Waals surface area (Å²) in [6.07, 6.45) is -0.865. The number of benzene rings is 1. The molecule has 5 aliphatic rings. The van der Waals surface area contributed by atoms with E-state index in [1.165, 1.54) is 12.1 Å². The van der Waals surface area contributed by atoms with Crippen molar-refractivity contribution in [3.63, 3.8) is 0 Å². The third kappa shape index (κ3) is 4.75. The molecule has 2 amide bonds. The van der Waals surface area contributed by atoms with E-state index in [1.54, 1.807) is 12.1 Å². The third-order valence-corrected chi connectivity index (χ3v) is 8.11. The minimum atomic E-state index is -4.72. The van der Waals surface area contributed by atoms with E-state index in [0.29, 0.717) is 32.2 Å². The van der Waals surface area contributed by atoms with Gasteiger partial charge in [0.15, 0.2) is 0 Å². The molecule has 0 aromatic heterocycles. The van der Waals surface area contributed by atoms with Gasteiger partial charge in [-0.1, -0.05) is 12.1 Å². The molecule has 4 saturated carbocycles. The van der Waals surface area contributed by atoms with Gasteiger partial charge in [0.1, 0.15) is 11.9 Å². The highest BCUT2D eigenvalue weighted by Crippen LogP contribution is 2.59. The quantitative estimate of drug-likeness (QED) is 0.652. The van der Waals surface area contributed by atoms with Crippen LogP contribution in [0, 0.1) is 23.2 Å². The van der Waals surface area contributed by atoms with Crippen LogP contribution in [0.25, 0.3) is 0 Å². The number of morpholine rings is 1. The number of nitrogens with one attached hydrogen (secondary N) is 1. The van der Waals surface area contributed by atoms with Gasteiger partial charge in [0.05, 0.1) is 6.61 Å². The number of hydrogen-bond donors (Lipinski definition) is 2. The van der Waals surface area contributed by atoms with Crippen molar-refractivity contribution < 1.29 is 32.2 Å². The van der Waals surface area contributed by atoms with Crippen LogP contribution >= 0.6 is 0 Å². The molecule has 1 heterocycles. The monoisotopic (exact) mass is 481 g/mol. The molecule has 3 atom stereocenters. The Hall–Kier alpha value is -2.33. The molecule has 1 saturated heterocycles. The van der Waals surface area contributed by atoms with Crippen LogP contribution in [0.4, 0.5) is 13.2 Å². The fourth-order valence-electron chi connectivity index (χ4n) is 6.88. The van der Waals surface area contributed by atoms with Gasteiger partial charge in [-0.2, -0.15) is 0 Å². The van der Waals surface area contributed by atoms with E-state index in [-0.39, 0.29) is 35.4 Å². The number of hydrogen-bond acceptors (Lipinski definition) is 5. The first-order chi connectivity index (χ1) is 16.1. The van der Waals surface area contributed by atoms with Crippen LogP contribution in [-0.4, -0.2) is 54.9 Å². The molecular formula is C24H30F3N3O4. The molecule has 2 unspecified atom stereocenters. The Morgan fingerprint density at radius 3 is 2.44 bits per heavy atom. The van der Waals surface area contributed by atoms with E-state index in [2.05, 4.69) is 15.0 Å². The highest BCUT2D eigenvalue weighted by atomic mass is 19.4. The van der Waals surface area contributed by atoms with Gasteiger partial charge >= 0.3 is 6.36 Å². The van der Waals surface area contributed by atoms with Crippen LogP contribution < -0.4 is 15.8 Å². The standard InChI is InChI=1S/C24H30F3N3O4/c25-24(26,27)34-18-3-1-14(2-4-18)12-30-5-6-33-19(13-30)21(31)29-20-16-7-15-8-17(20)11-23(9-15,10-16)22(28)32/h1-4,15-17,19-20H,5-13H2,(H2,28,32)(H,29,31)/t15?,16?,17?,19-,20?,23?/m1/s1. The van der Waals surface area contributed by atoms with Crippen LogP contribution in [0.15, 0.2) is 24.3 Å². The summed E-state index contributed by atoms with van der Waals surface area (Å²) >= 11 is 0. The number of primary amides is 1. The zero-order valence-electron chi connectivity index (χ0n) is 18.9. The molecule has 5 fully saturated rings. The molecule has 4 bridgehead atoms. The summed E-state index contributed by atoms with van der Waals surface area (Å²) in [5, 5.41) is 3.24. The van der Waals surface area contributed by atoms with Crippen LogP contribution in [0.2, 0.25) is 0 Å². The van der Waals surface area contributed by atoms with Crippen LogP contribution in [0.3, 0.4) is 0 Å². The molecule has 10 heteroatoms. The zero-order valence-corrected chi connectivity index (χ0v) is 18.9. The number of nitrogens with zero attached hydrogens (tertiary/aromatic N) is 1. The second kappa shape index (κ2) is 8.71. The van der Waals surface area contributed by atoms with Gasteiger partial charge in [-0.05, 0) is 67.6 Å². The van der Waals surface area contributed by atoms with Crippen molar-refractivity contribution in [3.8, 4) is 5.75 Å². The van der Waals surface area contributed by atoms with Gasteiger partial charge in [0, 0.05) is 31.1 Å². The molecule has 1 aliphatic heterocycles. The third-order valence-electron chi connectivity index (χ3n) is 8.11. The lowest BCUT2D eigenvalue weighted by atomic mass is 9.47. The summed E-state index contributed by atoms with van der Waals surface area (Å²) in [5.41, 5.74) is 6.20. The molecule has 4 aliphatic carbocycles. The summed E-state index contributed by atoms with van der Waals surface area (Å²) in [6, 6.07) is 5.82. The first-order valence-electron chi connectivity index (χ1n) is 11.9. The minimum absolute atomic E-state index is 0.0525. The maximum Gasteiger partial charge on any atom is 0.573 e. The second-order valence-corrected chi connectivity index (χ2v) is 10.4. The Kier molecular flexibility index (Phi) is 6.00. The van der Waals surface area contributed by atoms with E-state index < -0.39 is 17.9 Å². The Labute approximate surface area is 196 Å². The Morgan fingerprint density at radius 2 is 1.82 bits per heavy atom. The molecular weight excluding hydrogens is 451 g/mol. The van der Waals surface area contributed by atoms with Gasteiger partial charge in [-0.3, -0.25) is 14.5 Å². The van der Waals surface area contributed by atoms with E-state index in [4.69, 9.17) is 10.5 Å². The minimum Gasteiger partial charge on any atom is -0.406 e. The second-order valence-electron chi connectivity index (χ2n) is 10.4. The van der Waals surface area contributed by atoms with E-state index in [1.807, 2.05) is 0 Å². The van der Waals surface area contributed by atoms with Crippen molar-refractivity contribution in [1.82, 2.24) is 10.2 Å². The predicted molar refractivity (Wildman–Crippen MR) is 115 cm³/mol. The summed E-state index contributed by atoms with van der Waals surface area (Å²) in [6.45, 7) is 1.93. The maximum absolute atomic E-state index is 13.1. The predicted octanol–water partition coefficient (Wildman–Crippen LogP) is 2.58. The fraction of sp³-hybridized carbons (Fsp3) is 0.667. The largest absolute Gasteiger partial charge is 0.573 e. The average molecular weight is 482 g/mol. The van der Waals surface area contributed by atoms with Crippen LogP contribution in [0.5, 0.6) is 5.75 Å². The fourth-order valence-corrected chi connectivity index (χ4v) is 6.88. The van der Waals surface area contributed by atoms with Crippen molar-refractivity contribution in [2.24, 2.45) is 28.9 Å². The molecule has 34 heavy (non-hydrogen) atoms. The Balaban J connectivity index is 1.16. The van der Waals surface area contributed by atoms with Gasteiger partial charge in [0.2, 0.25) is 5.91 Å². The molecule has 3 N–H and O–H groups in total. The summed E-state index contributed by atoms with van der Waals surface area (Å²) in [4.78, 5) is 27.3. The zero-order chi connectivity index (χ0) is 24.1. The van der Waals surface area contributed by atoms with E-state index in [0.717, 1.165) is 37.7 Å². The van der Waals surface area contributed by atoms with E-state index >= 15 is 0 Å². The van der Waals surface area contributed by atoms with Gasteiger partial charge < -0.3 is 20.5 Å². The first-order valence-corrected chi connectivity index (χ1v) is 11.9. The molecule has 1 aromatic carbocycles. The molecule has 0 radical (unpaired) electrons. The summed E-state index contributed by atoms with van der Waals surface area (Å²) in [5.74, 6) is 0.488. The smallest absolute Gasteiger partial charge is 0.406 e. The maximum atomic E-state index is 13.1. The SMILES string of the molecule is NC(=O)C12CC3CC(C1)C(NC(=O)[C@H]1CN(Cc4ccc(OC(F)(F)F)cc4)CCO1)C(C3)C2. The van der Waals surface area contributed by atoms with Crippen molar-refractivity contribution in [2.75, 3.05) is 19.7 Å². The number of carbonyl (C=O) groups excluding carboxylic acids is 2. The van der Waals surface area contributed by atoms with E-state index in [9.17, 15) is 22.8 Å². The first kappa shape index (κ1) is 23.4. The number of nitrogens with two attached hydrogens (primary N) is 1. The molecule has 186 valence electrons. The Bertz CT molecular complexity index is 922. The van der Waals surface area contributed by atoms with Gasteiger partial charge in [0.25, 0.3) is 5.91 Å². The lowest BCUT2D eigenvalue weighted by molar-refractivity contribution is -0.274. The molecule has 1 aromatic rings. The van der Waals surface area contributed by atoms with Gasteiger partial charge in [-0.25, -0.2) is 0 Å². The normalized spacial score (nSPS) is 35.2. The summed E-state index contributed by atoms with van der Waals surface area (Å²) in [7, 11) is 0. The van der Waals surface area contributed by atoms with Crippen LogP contribution in [0.1, 0.15) is 37.7 Å². The topological polar surface area (TPSA) is 93.9 Å². The van der Waals surface area contributed by atoms with Crippen LogP contribution in [-0.2, 0) is 20.9 Å². The van der Waals surface area contributed by atoms with Crippen molar-refractivity contribution in [2.45, 2.75) is 57.2 Å². The number of carbonyl (C=O) groups is 2. The highest BCUT2D eigenvalue weighted by molar-refractivity contribution is 5.83. The van der Waals surface area contributed by atoms with Crippen molar-refractivity contribution in [1.29, 1.82) is 0 Å². The lowest BCUT2D eigenvalue weighted by Crippen LogP contribution is -2.63. The molecule has 7 nitrogen and oxygen atoms in total.